The summed E-state index contributed by atoms with van der Waals surface area (Å²) >= 11 is 6.33. The molecule has 19 heavy (non-hydrogen) atoms. The van der Waals surface area contributed by atoms with E-state index in [1.807, 2.05) is 18.2 Å². The van der Waals surface area contributed by atoms with Crippen LogP contribution >= 0.6 is 11.6 Å². The highest BCUT2D eigenvalue weighted by Crippen LogP contribution is 2.41. The summed E-state index contributed by atoms with van der Waals surface area (Å²) < 4.78 is 0. The summed E-state index contributed by atoms with van der Waals surface area (Å²) in [4.78, 5) is 2.27. The molecule has 1 aromatic carbocycles. The molecule has 1 saturated carbocycles. The van der Waals surface area contributed by atoms with E-state index < -0.39 is 6.10 Å². The third-order valence-corrected chi connectivity index (χ3v) is 4.92. The first kappa shape index (κ1) is 13.2. The smallest absolute Gasteiger partial charge is 0.0762 e. The van der Waals surface area contributed by atoms with E-state index in [-0.39, 0.29) is 6.10 Å². The summed E-state index contributed by atoms with van der Waals surface area (Å²) in [5.41, 5.74) is 1.86. The molecule has 4 heteroatoms. The minimum absolute atomic E-state index is 0.148. The van der Waals surface area contributed by atoms with E-state index in [4.69, 9.17) is 11.6 Å². The van der Waals surface area contributed by atoms with Crippen molar-refractivity contribution in [1.29, 1.82) is 0 Å². The number of hydrogen-bond acceptors (Lipinski definition) is 3. The van der Waals surface area contributed by atoms with E-state index in [2.05, 4.69) is 4.90 Å². The number of benzene rings is 1. The minimum Gasteiger partial charge on any atom is -0.393 e. The van der Waals surface area contributed by atoms with Crippen molar-refractivity contribution in [1.82, 2.24) is 0 Å². The number of rotatable bonds is 2. The van der Waals surface area contributed by atoms with Gasteiger partial charge in [-0.2, -0.15) is 0 Å². The van der Waals surface area contributed by atoms with E-state index >= 15 is 0 Å². The molecular formula is C15H20ClNO2. The van der Waals surface area contributed by atoms with E-state index in [1.165, 1.54) is 0 Å². The van der Waals surface area contributed by atoms with Gasteiger partial charge in [0, 0.05) is 19.0 Å². The van der Waals surface area contributed by atoms with Gasteiger partial charge in [0.2, 0.25) is 0 Å². The third-order valence-electron chi connectivity index (χ3n) is 4.61. The van der Waals surface area contributed by atoms with Gasteiger partial charge < -0.3 is 15.1 Å². The maximum Gasteiger partial charge on any atom is 0.0762 e. The van der Waals surface area contributed by atoms with Crippen LogP contribution < -0.4 is 4.90 Å². The van der Waals surface area contributed by atoms with Crippen LogP contribution in [-0.4, -0.2) is 29.4 Å². The fraction of sp³-hybridized carbons (Fsp3) is 0.600. The second-order valence-corrected chi connectivity index (χ2v) is 6.27. The van der Waals surface area contributed by atoms with Crippen molar-refractivity contribution in [3.63, 3.8) is 0 Å². The Morgan fingerprint density at radius 3 is 2.74 bits per heavy atom. The summed E-state index contributed by atoms with van der Waals surface area (Å²) in [6.07, 6.45) is 1.42. The summed E-state index contributed by atoms with van der Waals surface area (Å²) in [5, 5.41) is 20.2. The first-order valence-corrected chi connectivity index (χ1v) is 7.34. The maximum atomic E-state index is 9.96. The van der Waals surface area contributed by atoms with Crippen LogP contribution in [0.4, 0.5) is 5.69 Å². The Balaban J connectivity index is 1.80. The Kier molecular flexibility index (Phi) is 3.46. The SMILES string of the molecule is C[C@H](O)c1ccc(N2CC3CCC(O)C3C2)c(Cl)c1. The minimum atomic E-state index is -0.494. The average Bonchev–Trinajstić information content (AvgIpc) is 2.92. The van der Waals surface area contributed by atoms with Crippen LogP contribution in [0.5, 0.6) is 0 Å². The Bertz CT molecular complexity index is 477. The molecule has 4 atom stereocenters. The highest BCUT2D eigenvalue weighted by molar-refractivity contribution is 6.33. The molecule has 2 aliphatic rings. The van der Waals surface area contributed by atoms with Crippen molar-refractivity contribution in [2.75, 3.05) is 18.0 Å². The summed E-state index contributed by atoms with van der Waals surface area (Å²) in [5.74, 6) is 0.995. The zero-order valence-corrected chi connectivity index (χ0v) is 11.8. The molecule has 1 aliphatic heterocycles. The lowest BCUT2D eigenvalue weighted by Gasteiger charge is -2.22. The van der Waals surface area contributed by atoms with Gasteiger partial charge in [0.15, 0.2) is 0 Å². The van der Waals surface area contributed by atoms with Crippen LogP contribution in [-0.2, 0) is 0 Å². The standard InChI is InChI=1S/C15H20ClNO2/c1-9(18)10-2-4-14(13(16)6-10)17-7-11-3-5-15(19)12(11)8-17/h2,4,6,9,11-12,15,18-19H,3,5,7-8H2,1H3/t9-,11?,12?,15?/m0/s1. The zero-order chi connectivity index (χ0) is 13.6. The predicted molar refractivity (Wildman–Crippen MR) is 76.5 cm³/mol. The van der Waals surface area contributed by atoms with Crippen LogP contribution in [0.3, 0.4) is 0 Å². The Labute approximate surface area is 118 Å². The molecular weight excluding hydrogens is 262 g/mol. The Morgan fingerprint density at radius 2 is 2.11 bits per heavy atom. The Hall–Kier alpha value is -0.770. The van der Waals surface area contributed by atoms with Gasteiger partial charge in [0.05, 0.1) is 22.9 Å². The lowest BCUT2D eigenvalue weighted by molar-refractivity contribution is 0.133. The number of aliphatic hydroxyl groups is 2. The Morgan fingerprint density at radius 1 is 1.32 bits per heavy atom. The number of fused-ring (bicyclic) bond motifs is 1. The van der Waals surface area contributed by atoms with Crippen molar-refractivity contribution in [2.24, 2.45) is 11.8 Å². The van der Waals surface area contributed by atoms with E-state index in [9.17, 15) is 10.2 Å². The summed E-state index contributed by atoms with van der Waals surface area (Å²) in [7, 11) is 0. The van der Waals surface area contributed by atoms with E-state index in [0.29, 0.717) is 16.9 Å². The van der Waals surface area contributed by atoms with Gasteiger partial charge in [0.1, 0.15) is 0 Å². The molecule has 104 valence electrons. The molecule has 1 aromatic rings. The second-order valence-electron chi connectivity index (χ2n) is 5.86. The van der Waals surface area contributed by atoms with Crippen LogP contribution in [0.15, 0.2) is 18.2 Å². The molecule has 3 rings (SSSR count). The number of aliphatic hydroxyl groups excluding tert-OH is 2. The van der Waals surface area contributed by atoms with Crippen molar-refractivity contribution in [2.45, 2.75) is 32.0 Å². The molecule has 0 radical (unpaired) electrons. The van der Waals surface area contributed by atoms with Gasteiger partial charge in [0.25, 0.3) is 0 Å². The second kappa shape index (κ2) is 4.97. The number of halogens is 1. The molecule has 1 aliphatic carbocycles. The normalized spacial score (nSPS) is 31.6. The molecule has 0 aromatic heterocycles. The van der Waals surface area contributed by atoms with Crippen molar-refractivity contribution < 1.29 is 10.2 Å². The van der Waals surface area contributed by atoms with Crippen LogP contribution in [0.25, 0.3) is 0 Å². The molecule has 0 amide bonds. The largest absolute Gasteiger partial charge is 0.393 e. The lowest BCUT2D eigenvalue weighted by Crippen LogP contribution is -2.24. The van der Waals surface area contributed by atoms with E-state index in [0.717, 1.165) is 37.2 Å². The van der Waals surface area contributed by atoms with Crippen LogP contribution in [0.2, 0.25) is 5.02 Å². The van der Waals surface area contributed by atoms with Crippen LogP contribution in [0, 0.1) is 11.8 Å². The fourth-order valence-corrected chi connectivity index (χ4v) is 3.78. The molecule has 0 spiro atoms. The molecule has 2 N–H and O–H groups in total. The molecule has 3 nitrogen and oxygen atoms in total. The number of anilines is 1. The predicted octanol–water partition coefficient (Wildman–Crippen LogP) is 2.60. The number of nitrogens with zero attached hydrogens (tertiary/aromatic N) is 1. The summed E-state index contributed by atoms with van der Waals surface area (Å²) in [6, 6.07) is 5.75. The quantitative estimate of drug-likeness (QED) is 0.876. The first-order valence-electron chi connectivity index (χ1n) is 6.97. The van der Waals surface area contributed by atoms with Crippen molar-refractivity contribution in [3.05, 3.63) is 28.8 Å². The highest BCUT2D eigenvalue weighted by atomic mass is 35.5. The summed E-state index contributed by atoms with van der Waals surface area (Å²) in [6.45, 7) is 3.61. The monoisotopic (exact) mass is 281 g/mol. The maximum absolute atomic E-state index is 9.96. The van der Waals surface area contributed by atoms with Gasteiger partial charge in [-0.25, -0.2) is 0 Å². The van der Waals surface area contributed by atoms with Gasteiger partial charge >= 0.3 is 0 Å². The first-order chi connectivity index (χ1) is 9.06. The van der Waals surface area contributed by atoms with Gasteiger partial charge in [-0.15, -0.1) is 0 Å². The number of hydrogen-bond donors (Lipinski definition) is 2. The molecule has 3 unspecified atom stereocenters. The molecule has 1 heterocycles. The average molecular weight is 282 g/mol. The van der Waals surface area contributed by atoms with E-state index in [1.54, 1.807) is 6.92 Å². The molecule has 0 bridgehead atoms. The fourth-order valence-electron chi connectivity index (χ4n) is 3.47. The van der Waals surface area contributed by atoms with Gasteiger partial charge in [-0.05, 0) is 43.4 Å². The molecule has 2 fully saturated rings. The topological polar surface area (TPSA) is 43.7 Å². The van der Waals surface area contributed by atoms with Gasteiger partial charge in [-0.3, -0.25) is 0 Å². The third kappa shape index (κ3) is 2.35. The molecule has 1 saturated heterocycles. The van der Waals surface area contributed by atoms with Crippen molar-refractivity contribution >= 4 is 17.3 Å². The van der Waals surface area contributed by atoms with Crippen LogP contribution in [0.1, 0.15) is 31.4 Å². The zero-order valence-electron chi connectivity index (χ0n) is 11.1. The van der Waals surface area contributed by atoms with Gasteiger partial charge in [-0.1, -0.05) is 17.7 Å². The lowest BCUT2D eigenvalue weighted by atomic mass is 10.00. The highest BCUT2D eigenvalue weighted by Gasteiger charge is 2.42. The van der Waals surface area contributed by atoms with Crippen molar-refractivity contribution in [3.8, 4) is 0 Å².